The van der Waals surface area contributed by atoms with Gasteiger partial charge >= 0.3 is 0 Å². The molecule has 4 heteroatoms. The van der Waals surface area contributed by atoms with Crippen LogP contribution in [-0.2, 0) is 22.9 Å². The maximum Gasteiger partial charge on any atom is 0.102 e. The molecule has 1 atom stereocenters. The number of rotatable bonds is 17. The van der Waals surface area contributed by atoms with Gasteiger partial charge in [0, 0.05) is 0 Å². The lowest BCUT2D eigenvalue weighted by Gasteiger charge is -2.49. The molecule has 1 aromatic carbocycles. The van der Waals surface area contributed by atoms with Crippen LogP contribution < -0.4 is 0 Å². The molecule has 0 heterocycles. The van der Waals surface area contributed by atoms with Crippen LogP contribution >= 0.6 is 0 Å². The first-order valence-electron chi connectivity index (χ1n) is 15.4. The Morgan fingerprint density at radius 3 is 1.39 bits per heavy atom. The molecule has 0 aliphatic rings. The zero-order valence-corrected chi connectivity index (χ0v) is 26.4. The maximum atomic E-state index is 12.7. The molecule has 0 bridgehead atoms. The van der Waals surface area contributed by atoms with Gasteiger partial charge in [-0.3, -0.25) is 0 Å². The fourth-order valence-corrected chi connectivity index (χ4v) is 5.73. The van der Waals surface area contributed by atoms with Crippen LogP contribution in [-0.4, -0.2) is 40.2 Å². The smallest absolute Gasteiger partial charge is 0.102 e. The molecule has 0 aliphatic carbocycles. The van der Waals surface area contributed by atoms with Crippen LogP contribution in [0.5, 0.6) is 0 Å². The minimum Gasteiger partial charge on any atom is -0.395 e. The second-order valence-corrected chi connectivity index (χ2v) is 14.3. The molecule has 0 aliphatic heterocycles. The topological polar surface area (TPSA) is 80.9 Å². The Bertz CT molecular complexity index is 767. The summed E-state index contributed by atoms with van der Waals surface area (Å²) in [4.78, 5) is 0. The molecule has 0 saturated heterocycles. The number of hydrogen-bond donors (Lipinski definition) is 4. The molecule has 4 nitrogen and oxygen atoms in total. The van der Waals surface area contributed by atoms with Gasteiger partial charge in [0.2, 0.25) is 0 Å². The van der Waals surface area contributed by atoms with Gasteiger partial charge in [-0.2, -0.15) is 0 Å². The molecular weight excluding hydrogens is 472 g/mol. The van der Waals surface area contributed by atoms with Crippen molar-refractivity contribution in [3.63, 3.8) is 0 Å². The first kappa shape index (κ1) is 35.1. The van der Waals surface area contributed by atoms with Gasteiger partial charge in [0.15, 0.2) is 0 Å². The van der Waals surface area contributed by atoms with E-state index in [0.29, 0.717) is 6.42 Å². The summed E-state index contributed by atoms with van der Waals surface area (Å²) < 4.78 is 0. The normalized spacial score (nSPS) is 14.8. The lowest BCUT2D eigenvalue weighted by molar-refractivity contribution is -0.165. The summed E-state index contributed by atoms with van der Waals surface area (Å²) in [6.45, 7) is 18.1. The van der Waals surface area contributed by atoms with Crippen LogP contribution in [0.3, 0.4) is 0 Å². The lowest BCUT2D eigenvalue weighted by Crippen LogP contribution is -2.55. The summed E-state index contributed by atoms with van der Waals surface area (Å²) >= 11 is 0. The van der Waals surface area contributed by atoms with E-state index in [-0.39, 0.29) is 10.8 Å². The third-order valence-electron chi connectivity index (χ3n) is 8.49. The highest BCUT2D eigenvalue weighted by atomic mass is 16.3. The number of hydrogen-bond acceptors (Lipinski definition) is 4. The number of aryl methyl sites for hydroxylation is 1. The average Bonchev–Trinajstić information content (AvgIpc) is 2.84. The highest BCUT2D eigenvalue weighted by Crippen LogP contribution is 2.50. The third kappa shape index (κ3) is 9.04. The van der Waals surface area contributed by atoms with E-state index in [2.05, 4.69) is 74.4 Å². The van der Waals surface area contributed by atoms with E-state index in [1.54, 1.807) is 0 Å². The van der Waals surface area contributed by atoms with Crippen LogP contribution in [0, 0.1) is 11.3 Å². The minimum absolute atomic E-state index is 0.268. The van der Waals surface area contributed by atoms with Crippen molar-refractivity contribution in [2.24, 2.45) is 11.3 Å². The van der Waals surface area contributed by atoms with Gasteiger partial charge in [0.25, 0.3) is 0 Å². The Labute approximate surface area is 235 Å². The molecule has 0 saturated carbocycles. The van der Waals surface area contributed by atoms with Crippen LogP contribution in [0.15, 0.2) is 12.1 Å². The highest BCUT2D eigenvalue weighted by Gasteiger charge is 2.53. The first-order valence-corrected chi connectivity index (χ1v) is 15.4. The number of benzene rings is 1. The van der Waals surface area contributed by atoms with E-state index in [1.807, 2.05) is 0 Å². The Hall–Kier alpha value is -0.940. The Balaban J connectivity index is 3.35. The van der Waals surface area contributed by atoms with Crippen LogP contribution in [0.25, 0.3) is 0 Å². The fourth-order valence-electron chi connectivity index (χ4n) is 5.73. The monoisotopic (exact) mass is 534 g/mol. The van der Waals surface area contributed by atoms with Crippen LogP contribution in [0.2, 0.25) is 0 Å². The van der Waals surface area contributed by atoms with Gasteiger partial charge in [-0.25, -0.2) is 0 Å². The average molecular weight is 535 g/mol. The zero-order chi connectivity index (χ0) is 29.2. The van der Waals surface area contributed by atoms with Crippen molar-refractivity contribution in [3.8, 4) is 0 Å². The van der Waals surface area contributed by atoms with Crippen molar-refractivity contribution >= 4 is 0 Å². The SMILES string of the molecule is CCc1cc(C(C)(C)C)c(C(O)(CCCCCCCCCCC(C)C)C(CO)(CO)CO)c(C(C)(C)C)c1. The van der Waals surface area contributed by atoms with E-state index in [1.165, 1.54) is 44.1 Å². The molecule has 1 aromatic rings. The summed E-state index contributed by atoms with van der Waals surface area (Å²) in [5.74, 6) is 0.786. The van der Waals surface area contributed by atoms with Gasteiger partial charge in [-0.05, 0) is 51.8 Å². The van der Waals surface area contributed by atoms with Crippen molar-refractivity contribution in [2.75, 3.05) is 19.8 Å². The second kappa shape index (κ2) is 15.2. The van der Waals surface area contributed by atoms with Crippen molar-refractivity contribution < 1.29 is 20.4 Å². The number of aliphatic hydroxyl groups is 4. The molecule has 222 valence electrons. The Morgan fingerprint density at radius 2 is 1.05 bits per heavy atom. The zero-order valence-electron chi connectivity index (χ0n) is 26.4. The summed E-state index contributed by atoms with van der Waals surface area (Å²) in [6.07, 6.45) is 11.8. The molecule has 0 amide bonds. The van der Waals surface area contributed by atoms with E-state index < -0.39 is 30.8 Å². The molecule has 4 N–H and O–H groups in total. The summed E-state index contributed by atoms with van der Waals surface area (Å²) in [7, 11) is 0. The van der Waals surface area contributed by atoms with Gasteiger partial charge in [-0.1, -0.05) is 132 Å². The van der Waals surface area contributed by atoms with Crippen molar-refractivity contribution in [1.82, 2.24) is 0 Å². The lowest BCUT2D eigenvalue weighted by atomic mass is 9.60. The highest BCUT2D eigenvalue weighted by molar-refractivity contribution is 5.50. The van der Waals surface area contributed by atoms with Crippen molar-refractivity contribution in [3.05, 3.63) is 34.4 Å². The van der Waals surface area contributed by atoms with Crippen molar-refractivity contribution in [1.29, 1.82) is 0 Å². The number of unbranched alkanes of at least 4 members (excludes halogenated alkanes) is 7. The predicted octanol–water partition coefficient (Wildman–Crippen LogP) is 7.55. The number of aliphatic hydroxyl groups excluding tert-OH is 3. The summed E-state index contributed by atoms with van der Waals surface area (Å²) in [5.41, 5.74) is 0.512. The van der Waals surface area contributed by atoms with Crippen molar-refractivity contribution in [2.45, 2.75) is 149 Å². The van der Waals surface area contributed by atoms with E-state index in [4.69, 9.17) is 0 Å². The molecule has 38 heavy (non-hydrogen) atoms. The molecule has 0 radical (unpaired) electrons. The Kier molecular flexibility index (Phi) is 14.0. The summed E-state index contributed by atoms with van der Waals surface area (Å²) in [6, 6.07) is 4.37. The van der Waals surface area contributed by atoms with Crippen LogP contribution in [0.1, 0.15) is 149 Å². The maximum absolute atomic E-state index is 12.7. The second-order valence-electron chi connectivity index (χ2n) is 14.3. The predicted molar refractivity (Wildman–Crippen MR) is 162 cm³/mol. The van der Waals surface area contributed by atoms with E-state index >= 15 is 0 Å². The van der Waals surface area contributed by atoms with Gasteiger partial charge in [0.1, 0.15) is 5.60 Å². The van der Waals surface area contributed by atoms with E-state index in [0.717, 1.165) is 48.3 Å². The largest absolute Gasteiger partial charge is 0.395 e. The molecule has 1 unspecified atom stereocenters. The van der Waals surface area contributed by atoms with Gasteiger partial charge < -0.3 is 20.4 Å². The van der Waals surface area contributed by atoms with Gasteiger partial charge in [-0.15, -0.1) is 0 Å². The molecular formula is C34H62O4. The molecule has 0 spiro atoms. The first-order chi connectivity index (χ1) is 17.6. The third-order valence-corrected chi connectivity index (χ3v) is 8.49. The van der Waals surface area contributed by atoms with Crippen LogP contribution in [0.4, 0.5) is 0 Å². The summed E-state index contributed by atoms with van der Waals surface area (Å²) in [5, 5.41) is 44.4. The Morgan fingerprint density at radius 1 is 0.658 bits per heavy atom. The van der Waals surface area contributed by atoms with Gasteiger partial charge in [0.05, 0.1) is 25.2 Å². The molecule has 0 fully saturated rings. The fraction of sp³-hybridized carbons (Fsp3) is 0.824. The van der Waals surface area contributed by atoms with E-state index in [9.17, 15) is 20.4 Å². The minimum atomic E-state index is -1.57. The standard InChI is InChI=1S/C34H62O4/c1-10-27-21-28(31(4,5)6)30(29(22-27)32(7,8)9)34(38,33(23-35,24-36)25-37)20-18-16-14-12-11-13-15-17-19-26(2)3/h21-22,26,35-38H,10-20,23-25H2,1-9H3. The quantitative estimate of drug-likeness (QED) is 0.156. The molecule has 1 rings (SSSR count). The molecule has 0 aromatic heterocycles.